The highest BCUT2D eigenvalue weighted by atomic mass is 32.3. The fourth-order valence-electron chi connectivity index (χ4n) is 7.36. The third-order valence-corrected chi connectivity index (χ3v) is 11.6. The van der Waals surface area contributed by atoms with Gasteiger partial charge in [0.15, 0.2) is 6.29 Å². The van der Waals surface area contributed by atoms with Crippen molar-refractivity contribution in [1.82, 2.24) is 5.32 Å². The summed E-state index contributed by atoms with van der Waals surface area (Å²) in [6.07, 6.45) is 28.4. The van der Waals surface area contributed by atoms with Crippen molar-refractivity contribution >= 4 is 16.3 Å². The van der Waals surface area contributed by atoms with Gasteiger partial charge in [-0.1, -0.05) is 186 Å². The molecule has 0 radical (unpaired) electrons. The van der Waals surface area contributed by atoms with E-state index >= 15 is 0 Å². The summed E-state index contributed by atoms with van der Waals surface area (Å²) in [6, 6.07) is -1.13. The number of hydrogen-bond donors (Lipinski definition) is 7. The van der Waals surface area contributed by atoms with Crippen molar-refractivity contribution in [2.24, 2.45) is 0 Å². The van der Waals surface area contributed by atoms with E-state index < -0.39 is 78.5 Å². The Kier molecular flexibility index (Phi) is 34.0. The monoisotopic (exact) mass is 864 g/mol. The van der Waals surface area contributed by atoms with E-state index in [1.807, 2.05) is 0 Å². The van der Waals surface area contributed by atoms with Gasteiger partial charge in [0.1, 0.15) is 30.5 Å². The number of aliphatic hydroxyl groups excluding tert-OH is 5. The summed E-state index contributed by atoms with van der Waals surface area (Å²) in [7, 11) is -5.12. The minimum absolute atomic E-state index is 0.239. The normalized spacial score (nSPS) is 21.7. The average Bonchev–Trinajstić information content (AvgIpc) is 3.20. The van der Waals surface area contributed by atoms with Gasteiger partial charge in [-0.05, 0) is 32.1 Å². The van der Waals surface area contributed by atoms with Gasteiger partial charge in [-0.2, -0.15) is 8.42 Å². The highest BCUT2D eigenvalue weighted by Gasteiger charge is 2.48. The Morgan fingerprint density at radius 3 is 1.63 bits per heavy atom. The minimum atomic E-state index is -5.12. The molecular weight excluding hydrogens is 779 g/mol. The van der Waals surface area contributed by atoms with Crippen LogP contribution in [0.2, 0.25) is 0 Å². The molecule has 14 heteroatoms. The lowest BCUT2D eigenvalue weighted by atomic mass is 9.99. The summed E-state index contributed by atoms with van der Waals surface area (Å²) in [5.74, 6) is -0.712. The molecule has 1 aliphatic heterocycles. The van der Waals surface area contributed by atoms with Crippen LogP contribution in [0.25, 0.3) is 0 Å². The number of carbonyl (C=O) groups is 1. The molecule has 8 unspecified atom stereocenters. The predicted octanol–water partition coefficient (Wildman–Crippen LogP) is 7.91. The third-order valence-electron chi connectivity index (χ3n) is 11.1. The van der Waals surface area contributed by atoms with Crippen molar-refractivity contribution < 1.29 is 57.0 Å². The van der Waals surface area contributed by atoms with Crippen molar-refractivity contribution in [1.29, 1.82) is 0 Å². The van der Waals surface area contributed by atoms with Gasteiger partial charge in [0, 0.05) is 0 Å². The van der Waals surface area contributed by atoms with Crippen LogP contribution < -0.4 is 5.32 Å². The number of ether oxygens (including phenoxy) is 2. The lowest BCUT2D eigenvalue weighted by molar-refractivity contribution is -0.298. The first kappa shape index (κ1) is 55.6. The van der Waals surface area contributed by atoms with Crippen LogP contribution in [-0.4, -0.2) is 107 Å². The molecule has 0 bridgehead atoms. The van der Waals surface area contributed by atoms with Gasteiger partial charge in [-0.15, -0.1) is 0 Å². The van der Waals surface area contributed by atoms with Crippen molar-refractivity contribution in [2.45, 2.75) is 243 Å². The van der Waals surface area contributed by atoms with E-state index in [1.54, 1.807) is 6.08 Å². The zero-order valence-corrected chi connectivity index (χ0v) is 37.5. The highest BCUT2D eigenvalue weighted by molar-refractivity contribution is 7.80. The van der Waals surface area contributed by atoms with E-state index in [-0.39, 0.29) is 6.42 Å². The largest absolute Gasteiger partial charge is 0.397 e. The summed E-state index contributed by atoms with van der Waals surface area (Å²) in [5.41, 5.74) is 0. The second kappa shape index (κ2) is 36.1. The second-order valence-electron chi connectivity index (χ2n) is 16.5. The quantitative estimate of drug-likeness (QED) is 0.0179. The van der Waals surface area contributed by atoms with Gasteiger partial charge >= 0.3 is 10.4 Å². The van der Waals surface area contributed by atoms with Crippen LogP contribution in [0.4, 0.5) is 0 Å². The van der Waals surface area contributed by atoms with Gasteiger partial charge in [-0.25, -0.2) is 4.18 Å². The van der Waals surface area contributed by atoms with E-state index in [1.165, 1.54) is 128 Å². The number of nitrogens with one attached hydrogen (secondary N) is 1. The standard InChI is InChI=1S/C45H85NO12S/c1-3-5-7-9-11-13-15-16-17-18-19-20-21-22-24-25-27-29-31-33-38(48)37(36-56-45-42(51)43(58-59(53,54)55)41(50)40(35-47)57-45)46-44(52)39(49)34-32-30-28-26-23-14-12-10-8-6-4-2/h24-25,31,33,37-43,45,47-51H,3-23,26-30,32,34-36H2,1-2H3,(H,46,52)(H,53,54,55)/b25-24+,33-31+. The first-order valence-electron chi connectivity index (χ1n) is 23.3. The molecule has 0 aliphatic carbocycles. The molecule has 1 saturated heterocycles. The van der Waals surface area contributed by atoms with Gasteiger partial charge in [0.25, 0.3) is 0 Å². The van der Waals surface area contributed by atoms with Crippen molar-refractivity contribution in [3.8, 4) is 0 Å². The van der Waals surface area contributed by atoms with E-state index in [2.05, 4.69) is 35.5 Å². The van der Waals surface area contributed by atoms with Crippen molar-refractivity contribution in [2.75, 3.05) is 13.2 Å². The maximum atomic E-state index is 13.1. The first-order chi connectivity index (χ1) is 28.4. The summed E-state index contributed by atoms with van der Waals surface area (Å²) >= 11 is 0. The molecule has 0 aromatic carbocycles. The van der Waals surface area contributed by atoms with Crippen LogP contribution in [0.3, 0.4) is 0 Å². The lowest BCUT2D eigenvalue weighted by Crippen LogP contribution is -2.61. The molecule has 7 N–H and O–H groups in total. The molecule has 0 aromatic rings. The number of unbranched alkanes of at least 4 members (excludes halogenated alkanes) is 24. The van der Waals surface area contributed by atoms with Gasteiger partial charge in [0.2, 0.25) is 5.91 Å². The fraction of sp³-hybridized carbons (Fsp3) is 0.889. The van der Waals surface area contributed by atoms with E-state index in [9.17, 15) is 43.3 Å². The SMILES string of the molecule is CCCCCCCCCCCCCCC/C=C/CC/C=C/C(O)C(COC1OC(CO)C(O)C(OS(=O)(=O)O)C1O)NC(=O)C(O)CCCCCCCCCCCCC. The van der Waals surface area contributed by atoms with E-state index in [0.29, 0.717) is 12.8 Å². The zero-order valence-electron chi connectivity index (χ0n) is 36.7. The van der Waals surface area contributed by atoms with Crippen LogP contribution >= 0.6 is 0 Å². The highest BCUT2D eigenvalue weighted by Crippen LogP contribution is 2.26. The predicted molar refractivity (Wildman–Crippen MR) is 233 cm³/mol. The molecule has 1 amide bonds. The number of amides is 1. The molecule has 1 fully saturated rings. The van der Waals surface area contributed by atoms with Crippen LogP contribution in [0.15, 0.2) is 24.3 Å². The summed E-state index contributed by atoms with van der Waals surface area (Å²) < 4.78 is 47.4. The number of hydrogen-bond acceptors (Lipinski definition) is 11. The molecule has 348 valence electrons. The van der Waals surface area contributed by atoms with E-state index in [4.69, 9.17) is 9.47 Å². The number of rotatable bonds is 39. The summed E-state index contributed by atoms with van der Waals surface area (Å²) in [6.45, 7) is 3.19. The summed E-state index contributed by atoms with van der Waals surface area (Å²) in [5, 5.41) is 55.1. The van der Waals surface area contributed by atoms with Crippen molar-refractivity contribution in [3.05, 3.63) is 24.3 Å². The first-order valence-corrected chi connectivity index (χ1v) is 24.7. The number of allylic oxidation sites excluding steroid dienone is 3. The Labute approximate surface area is 357 Å². The topological polar surface area (TPSA) is 212 Å². The maximum Gasteiger partial charge on any atom is 0.397 e. The van der Waals surface area contributed by atoms with Gasteiger partial charge in [-0.3, -0.25) is 9.35 Å². The zero-order chi connectivity index (χ0) is 43.6. The fourth-order valence-corrected chi connectivity index (χ4v) is 7.87. The summed E-state index contributed by atoms with van der Waals surface area (Å²) in [4.78, 5) is 13.1. The Morgan fingerprint density at radius 2 is 1.14 bits per heavy atom. The molecule has 8 atom stereocenters. The lowest BCUT2D eigenvalue weighted by Gasteiger charge is -2.41. The van der Waals surface area contributed by atoms with Gasteiger partial charge < -0.3 is 40.3 Å². The third kappa shape index (κ3) is 28.7. The van der Waals surface area contributed by atoms with E-state index in [0.717, 1.165) is 38.5 Å². The molecule has 1 rings (SSSR count). The molecule has 13 nitrogen and oxygen atoms in total. The van der Waals surface area contributed by atoms with Crippen LogP contribution in [0, 0.1) is 0 Å². The second-order valence-corrected chi connectivity index (χ2v) is 17.5. The van der Waals surface area contributed by atoms with Crippen LogP contribution in [0.1, 0.15) is 194 Å². The Hall–Kier alpha value is -1.46. The van der Waals surface area contributed by atoms with Crippen LogP contribution in [0.5, 0.6) is 0 Å². The molecule has 1 heterocycles. The molecule has 0 spiro atoms. The Morgan fingerprint density at radius 1 is 0.678 bits per heavy atom. The Bertz CT molecular complexity index is 1170. The van der Waals surface area contributed by atoms with Gasteiger partial charge in [0.05, 0.1) is 25.4 Å². The number of aliphatic hydroxyl groups is 5. The smallest absolute Gasteiger partial charge is 0.394 e. The Balaban J connectivity index is 2.60. The number of carbonyl (C=O) groups excluding carboxylic acids is 1. The molecule has 0 saturated carbocycles. The minimum Gasteiger partial charge on any atom is -0.394 e. The van der Waals surface area contributed by atoms with Crippen LogP contribution in [-0.2, 0) is 28.9 Å². The van der Waals surface area contributed by atoms with Crippen molar-refractivity contribution in [3.63, 3.8) is 0 Å². The average molecular weight is 864 g/mol. The molecular formula is C45H85NO12S. The molecule has 59 heavy (non-hydrogen) atoms. The molecule has 1 aliphatic rings. The maximum absolute atomic E-state index is 13.1. The molecule has 0 aromatic heterocycles.